The van der Waals surface area contributed by atoms with Crippen LogP contribution >= 0.6 is 0 Å². The van der Waals surface area contributed by atoms with Crippen molar-refractivity contribution < 1.29 is 4.79 Å². The Morgan fingerprint density at radius 1 is 1.36 bits per heavy atom. The van der Waals surface area contributed by atoms with Gasteiger partial charge in [-0.3, -0.25) is 14.3 Å². The van der Waals surface area contributed by atoms with Gasteiger partial charge in [0.25, 0.3) is 5.91 Å². The normalized spacial score (nSPS) is 18.7. The minimum absolute atomic E-state index is 0.0165. The van der Waals surface area contributed by atoms with Crippen molar-refractivity contribution >= 4 is 11.6 Å². The lowest BCUT2D eigenvalue weighted by atomic mass is 9.94. The number of amides is 1. The Balaban J connectivity index is 1.61. The number of piperidine rings is 1. The summed E-state index contributed by atoms with van der Waals surface area (Å²) in [6.45, 7) is 1.48. The maximum atomic E-state index is 12.8. The van der Waals surface area contributed by atoms with Crippen molar-refractivity contribution in [2.75, 3.05) is 13.1 Å². The van der Waals surface area contributed by atoms with Gasteiger partial charge in [0.05, 0.1) is 5.56 Å². The Morgan fingerprint density at radius 3 is 3.18 bits per heavy atom. The quantitative estimate of drug-likeness (QED) is 0.776. The van der Waals surface area contributed by atoms with Crippen LogP contribution in [0.4, 0.5) is 0 Å². The number of carbonyl (C=O) groups is 1. The van der Waals surface area contributed by atoms with Crippen molar-refractivity contribution in [2.24, 2.45) is 0 Å². The molecule has 1 aliphatic rings. The molecule has 0 bridgehead atoms. The Hall–Kier alpha value is -2.70. The number of nitrogens with one attached hydrogen (secondary N) is 1. The molecule has 3 aromatic heterocycles. The number of hydrogen-bond donors (Lipinski definition) is 1. The summed E-state index contributed by atoms with van der Waals surface area (Å²) in [5.41, 5.74) is 2.31. The van der Waals surface area contributed by atoms with Gasteiger partial charge in [-0.2, -0.15) is 5.10 Å². The molecule has 112 valence electrons. The van der Waals surface area contributed by atoms with Gasteiger partial charge in [0.15, 0.2) is 5.65 Å². The van der Waals surface area contributed by atoms with Gasteiger partial charge in [0.2, 0.25) is 0 Å². The van der Waals surface area contributed by atoms with Crippen LogP contribution in [0.25, 0.3) is 5.65 Å². The second-order valence-corrected chi connectivity index (χ2v) is 5.59. The molecule has 4 heterocycles. The van der Waals surface area contributed by atoms with E-state index in [1.54, 1.807) is 16.9 Å². The Morgan fingerprint density at radius 2 is 2.32 bits per heavy atom. The van der Waals surface area contributed by atoms with Gasteiger partial charge < -0.3 is 4.90 Å². The SMILES string of the molecule is O=C(c1cccn2cnnc12)N1CCCC(c2ccn[nH]2)C1. The number of pyridine rings is 1. The molecule has 0 aliphatic carbocycles. The summed E-state index contributed by atoms with van der Waals surface area (Å²) < 4.78 is 1.77. The van der Waals surface area contributed by atoms with Crippen LogP contribution in [0.5, 0.6) is 0 Å². The summed E-state index contributed by atoms with van der Waals surface area (Å²) >= 11 is 0. The molecule has 0 saturated carbocycles. The molecule has 4 rings (SSSR count). The largest absolute Gasteiger partial charge is 0.338 e. The van der Waals surface area contributed by atoms with Crippen molar-refractivity contribution in [2.45, 2.75) is 18.8 Å². The molecule has 1 N–H and O–H groups in total. The number of H-pyrrole nitrogens is 1. The Kier molecular flexibility index (Phi) is 3.10. The standard InChI is InChI=1S/C15H16N6O/c22-15(12-4-2-8-21-10-17-19-14(12)21)20-7-1-3-11(9-20)13-5-6-16-18-13/h2,4-6,8,10-11H,1,3,7,9H2,(H,16,18). The molecule has 1 saturated heterocycles. The number of aromatic nitrogens is 5. The highest BCUT2D eigenvalue weighted by Crippen LogP contribution is 2.26. The van der Waals surface area contributed by atoms with E-state index in [-0.39, 0.29) is 5.91 Å². The van der Waals surface area contributed by atoms with E-state index in [4.69, 9.17) is 0 Å². The fraction of sp³-hybridized carbons (Fsp3) is 0.333. The number of fused-ring (bicyclic) bond motifs is 1. The van der Waals surface area contributed by atoms with Gasteiger partial charge in [-0.25, -0.2) is 0 Å². The second kappa shape index (κ2) is 5.25. The van der Waals surface area contributed by atoms with Crippen molar-refractivity contribution in [3.05, 3.63) is 48.2 Å². The van der Waals surface area contributed by atoms with E-state index >= 15 is 0 Å². The number of nitrogens with zero attached hydrogens (tertiary/aromatic N) is 5. The zero-order chi connectivity index (χ0) is 14.9. The molecular weight excluding hydrogens is 280 g/mol. The van der Waals surface area contributed by atoms with E-state index in [1.807, 2.05) is 29.3 Å². The van der Waals surface area contributed by atoms with Crippen LogP contribution in [0.15, 0.2) is 36.9 Å². The lowest BCUT2D eigenvalue weighted by Gasteiger charge is -2.32. The summed E-state index contributed by atoms with van der Waals surface area (Å²) in [4.78, 5) is 14.7. The second-order valence-electron chi connectivity index (χ2n) is 5.59. The predicted molar refractivity (Wildman–Crippen MR) is 79.5 cm³/mol. The van der Waals surface area contributed by atoms with Gasteiger partial charge in [-0.15, -0.1) is 10.2 Å². The molecule has 0 spiro atoms. The molecule has 1 atom stereocenters. The molecule has 1 aliphatic heterocycles. The molecule has 1 amide bonds. The molecule has 0 aromatic carbocycles. The first-order valence-electron chi connectivity index (χ1n) is 7.40. The third kappa shape index (κ3) is 2.14. The van der Waals surface area contributed by atoms with Crippen LogP contribution in [-0.2, 0) is 0 Å². The van der Waals surface area contributed by atoms with Crippen LogP contribution in [0.2, 0.25) is 0 Å². The van der Waals surface area contributed by atoms with E-state index in [0.29, 0.717) is 23.7 Å². The first kappa shape index (κ1) is 13.0. The topological polar surface area (TPSA) is 79.2 Å². The first-order valence-corrected chi connectivity index (χ1v) is 7.40. The molecule has 22 heavy (non-hydrogen) atoms. The third-order valence-corrected chi connectivity index (χ3v) is 4.22. The summed E-state index contributed by atoms with van der Waals surface area (Å²) in [5.74, 6) is 0.334. The van der Waals surface area contributed by atoms with Crippen LogP contribution in [0.3, 0.4) is 0 Å². The van der Waals surface area contributed by atoms with Gasteiger partial charge >= 0.3 is 0 Å². The van der Waals surface area contributed by atoms with Crippen LogP contribution in [-0.4, -0.2) is 48.7 Å². The van der Waals surface area contributed by atoms with Gasteiger partial charge in [-0.1, -0.05) is 0 Å². The highest BCUT2D eigenvalue weighted by Gasteiger charge is 2.27. The predicted octanol–water partition coefficient (Wildman–Crippen LogP) is 1.47. The fourth-order valence-corrected chi connectivity index (χ4v) is 3.10. The average molecular weight is 296 g/mol. The van der Waals surface area contributed by atoms with Gasteiger partial charge in [-0.05, 0) is 31.0 Å². The summed E-state index contributed by atoms with van der Waals surface area (Å²) in [6.07, 6.45) is 7.27. The fourth-order valence-electron chi connectivity index (χ4n) is 3.10. The highest BCUT2D eigenvalue weighted by molar-refractivity contribution is 5.99. The van der Waals surface area contributed by atoms with Crippen molar-refractivity contribution in [3.8, 4) is 0 Å². The van der Waals surface area contributed by atoms with Crippen molar-refractivity contribution in [3.63, 3.8) is 0 Å². The monoisotopic (exact) mass is 296 g/mol. The summed E-state index contributed by atoms with van der Waals surface area (Å²) in [5, 5.41) is 15.0. The van der Waals surface area contributed by atoms with Crippen molar-refractivity contribution in [1.82, 2.24) is 29.7 Å². The number of hydrogen-bond acceptors (Lipinski definition) is 4. The Labute approximate surface area is 127 Å². The number of rotatable bonds is 2. The van der Waals surface area contributed by atoms with Crippen molar-refractivity contribution in [1.29, 1.82) is 0 Å². The maximum absolute atomic E-state index is 12.8. The van der Waals surface area contributed by atoms with Crippen LogP contribution in [0.1, 0.15) is 34.8 Å². The summed E-state index contributed by atoms with van der Waals surface area (Å²) in [6, 6.07) is 5.64. The van der Waals surface area contributed by atoms with Gasteiger partial charge in [0, 0.05) is 37.1 Å². The molecule has 7 nitrogen and oxygen atoms in total. The van der Waals surface area contributed by atoms with E-state index in [2.05, 4.69) is 20.4 Å². The smallest absolute Gasteiger partial charge is 0.257 e. The van der Waals surface area contributed by atoms with E-state index in [9.17, 15) is 4.79 Å². The molecule has 1 fully saturated rings. The molecule has 1 unspecified atom stereocenters. The van der Waals surface area contributed by atoms with Crippen LogP contribution in [0, 0.1) is 0 Å². The highest BCUT2D eigenvalue weighted by atomic mass is 16.2. The van der Waals surface area contributed by atoms with E-state index in [1.165, 1.54) is 0 Å². The third-order valence-electron chi connectivity index (χ3n) is 4.22. The lowest BCUT2D eigenvalue weighted by Crippen LogP contribution is -2.39. The minimum Gasteiger partial charge on any atom is -0.338 e. The van der Waals surface area contributed by atoms with E-state index in [0.717, 1.165) is 25.1 Å². The molecule has 0 radical (unpaired) electrons. The average Bonchev–Trinajstić information content (AvgIpc) is 3.25. The molecule has 3 aromatic rings. The maximum Gasteiger partial charge on any atom is 0.257 e. The number of likely N-dealkylation sites (tertiary alicyclic amines) is 1. The minimum atomic E-state index is 0.0165. The number of aromatic amines is 1. The molecule has 7 heteroatoms. The van der Waals surface area contributed by atoms with E-state index < -0.39 is 0 Å². The van der Waals surface area contributed by atoms with Gasteiger partial charge in [0.1, 0.15) is 6.33 Å². The lowest BCUT2D eigenvalue weighted by molar-refractivity contribution is 0.0707. The zero-order valence-corrected chi connectivity index (χ0v) is 12.0. The first-order chi connectivity index (χ1) is 10.8. The zero-order valence-electron chi connectivity index (χ0n) is 12.0. The Bertz CT molecular complexity index is 793. The molecular formula is C15H16N6O. The van der Waals surface area contributed by atoms with Crippen LogP contribution < -0.4 is 0 Å². The summed E-state index contributed by atoms with van der Waals surface area (Å²) in [7, 11) is 0. The number of carbonyl (C=O) groups excluding carboxylic acids is 1.